The van der Waals surface area contributed by atoms with E-state index in [4.69, 9.17) is 27.9 Å². The van der Waals surface area contributed by atoms with Gasteiger partial charge >= 0.3 is 6.18 Å². The number of carbonyl (C=O) groups is 2. The molecule has 0 spiro atoms. The van der Waals surface area contributed by atoms with Crippen LogP contribution in [0.3, 0.4) is 0 Å². The van der Waals surface area contributed by atoms with E-state index in [9.17, 15) is 22.8 Å². The molecule has 1 N–H and O–H groups in total. The minimum Gasteiger partial charge on any atom is -0.496 e. The van der Waals surface area contributed by atoms with Gasteiger partial charge in [0.1, 0.15) is 5.75 Å². The molecule has 0 saturated heterocycles. The zero-order chi connectivity index (χ0) is 21.1. The number of carbonyl (C=O) groups excluding carboxylic acids is 2. The van der Waals surface area contributed by atoms with E-state index in [-0.39, 0.29) is 17.0 Å². The molecule has 2 aromatic rings. The molecule has 0 heterocycles. The van der Waals surface area contributed by atoms with E-state index in [1.165, 1.54) is 32.4 Å². The number of anilines is 1. The molecule has 0 aliphatic heterocycles. The summed E-state index contributed by atoms with van der Waals surface area (Å²) in [5, 5.41) is 2.14. The monoisotopic (exact) mass is 434 g/mol. The Morgan fingerprint density at radius 1 is 1.14 bits per heavy atom. The fourth-order valence-corrected chi connectivity index (χ4v) is 2.76. The maximum Gasteiger partial charge on any atom is 0.417 e. The Morgan fingerprint density at radius 3 is 2.43 bits per heavy atom. The molecule has 2 rings (SSSR count). The highest BCUT2D eigenvalue weighted by atomic mass is 35.5. The van der Waals surface area contributed by atoms with E-state index in [0.717, 1.165) is 17.0 Å². The second kappa shape index (κ2) is 8.70. The molecule has 5 nitrogen and oxygen atoms in total. The summed E-state index contributed by atoms with van der Waals surface area (Å²) in [6.07, 6.45) is -4.66. The Hall–Kier alpha value is -2.45. The highest BCUT2D eigenvalue weighted by Gasteiger charge is 2.33. The van der Waals surface area contributed by atoms with Crippen LogP contribution in [0.25, 0.3) is 0 Å². The number of benzene rings is 2. The van der Waals surface area contributed by atoms with Crippen molar-refractivity contribution < 1.29 is 27.5 Å². The largest absolute Gasteiger partial charge is 0.496 e. The Kier molecular flexibility index (Phi) is 6.79. The molecular weight excluding hydrogens is 420 g/mol. The summed E-state index contributed by atoms with van der Waals surface area (Å²) in [7, 11) is 2.75. The van der Waals surface area contributed by atoms with Gasteiger partial charge in [-0.3, -0.25) is 9.59 Å². The Morgan fingerprint density at radius 2 is 1.82 bits per heavy atom. The van der Waals surface area contributed by atoms with Crippen LogP contribution >= 0.6 is 23.2 Å². The van der Waals surface area contributed by atoms with E-state index < -0.39 is 35.1 Å². The molecule has 0 fully saturated rings. The lowest BCUT2D eigenvalue weighted by atomic mass is 10.1. The number of nitrogens with one attached hydrogen (secondary N) is 1. The zero-order valence-corrected chi connectivity index (χ0v) is 16.2. The first-order chi connectivity index (χ1) is 13.0. The Bertz CT molecular complexity index is 904. The van der Waals surface area contributed by atoms with Gasteiger partial charge in [0.2, 0.25) is 5.91 Å². The highest BCUT2D eigenvalue weighted by Crippen LogP contribution is 2.36. The number of amides is 2. The first-order valence-electron chi connectivity index (χ1n) is 7.78. The lowest BCUT2D eigenvalue weighted by Crippen LogP contribution is -2.35. The number of halogens is 5. The lowest BCUT2D eigenvalue weighted by Gasteiger charge is -2.19. The van der Waals surface area contributed by atoms with Crippen LogP contribution in [-0.4, -0.2) is 37.4 Å². The van der Waals surface area contributed by atoms with Crippen LogP contribution in [0, 0.1) is 0 Å². The van der Waals surface area contributed by atoms with E-state index in [2.05, 4.69) is 5.32 Å². The molecular formula is C18H15Cl2F3N2O3. The molecule has 0 unspecified atom stereocenters. The maximum absolute atomic E-state index is 12.9. The van der Waals surface area contributed by atoms with Gasteiger partial charge in [-0.05, 0) is 36.4 Å². The third-order valence-electron chi connectivity index (χ3n) is 3.67. The lowest BCUT2D eigenvalue weighted by molar-refractivity contribution is -0.137. The van der Waals surface area contributed by atoms with Crippen LogP contribution in [0.15, 0.2) is 36.4 Å². The fourth-order valence-electron chi connectivity index (χ4n) is 2.36. The summed E-state index contributed by atoms with van der Waals surface area (Å²) in [6, 6.07) is 7.44. The van der Waals surface area contributed by atoms with Crippen molar-refractivity contribution in [3.05, 3.63) is 57.6 Å². The molecule has 150 valence electrons. The standard InChI is InChI=1S/C18H15Cl2F3N2O3/c1-25(17(27)12-7-10(19)3-6-15(12)28-2)9-16(26)24-11-4-5-14(20)13(8-11)18(21,22)23/h3-8H,9H2,1-2H3,(H,24,26). The van der Waals surface area contributed by atoms with Crippen molar-refractivity contribution in [3.8, 4) is 5.75 Å². The van der Waals surface area contributed by atoms with E-state index in [0.29, 0.717) is 5.02 Å². The number of ether oxygens (including phenoxy) is 1. The molecule has 0 atom stereocenters. The second-order valence-corrected chi connectivity index (χ2v) is 6.59. The number of hydrogen-bond acceptors (Lipinski definition) is 3. The van der Waals surface area contributed by atoms with Crippen LogP contribution < -0.4 is 10.1 Å². The highest BCUT2D eigenvalue weighted by molar-refractivity contribution is 6.31. The zero-order valence-electron chi connectivity index (χ0n) is 14.7. The average molecular weight is 435 g/mol. The molecule has 0 radical (unpaired) electrons. The van der Waals surface area contributed by atoms with Gasteiger partial charge in [-0.15, -0.1) is 0 Å². The van der Waals surface area contributed by atoms with Crippen molar-refractivity contribution in [2.75, 3.05) is 26.0 Å². The van der Waals surface area contributed by atoms with Crippen molar-refractivity contribution in [1.29, 1.82) is 0 Å². The van der Waals surface area contributed by atoms with E-state index in [1.807, 2.05) is 0 Å². The van der Waals surface area contributed by atoms with Gasteiger partial charge in [0.05, 0.1) is 29.8 Å². The quantitative estimate of drug-likeness (QED) is 0.739. The van der Waals surface area contributed by atoms with Crippen LogP contribution in [0.4, 0.5) is 18.9 Å². The molecule has 28 heavy (non-hydrogen) atoms. The number of methoxy groups -OCH3 is 1. The van der Waals surface area contributed by atoms with E-state index >= 15 is 0 Å². The van der Waals surface area contributed by atoms with Gasteiger partial charge in [-0.2, -0.15) is 13.2 Å². The smallest absolute Gasteiger partial charge is 0.417 e. The third kappa shape index (κ3) is 5.30. The minimum atomic E-state index is -4.66. The number of nitrogens with zero attached hydrogens (tertiary/aromatic N) is 1. The van der Waals surface area contributed by atoms with Gasteiger partial charge in [0.15, 0.2) is 0 Å². The van der Waals surface area contributed by atoms with Crippen LogP contribution in [0.1, 0.15) is 15.9 Å². The SMILES string of the molecule is COc1ccc(Cl)cc1C(=O)N(C)CC(=O)Nc1ccc(Cl)c(C(F)(F)F)c1. The molecule has 2 amide bonds. The minimum absolute atomic E-state index is 0.0945. The molecule has 0 saturated carbocycles. The summed E-state index contributed by atoms with van der Waals surface area (Å²) in [5.41, 5.74) is -1.01. The molecule has 0 bridgehead atoms. The first-order valence-corrected chi connectivity index (χ1v) is 8.54. The van der Waals surface area contributed by atoms with Gasteiger partial charge in [0.25, 0.3) is 5.91 Å². The third-order valence-corrected chi connectivity index (χ3v) is 4.24. The maximum atomic E-state index is 12.9. The Balaban J connectivity index is 2.11. The van der Waals surface area contributed by atoms with Crippen LogP contribution in [0.5, 0.6) is 5.75 Å². The predicted molar refractivity (Wildman–Crippen MR) is 100 cm³/mol. The topological polar surface area (TPSA) is 58.6 Å². The van der Waals surface area contributed by atoms with Gasteiger partial charge < -0.3 is 15.0 Å². The summed E-state index contributed by atoms with van der Waals surface area (Å²) in [5.74, 6) is -0.956. The number of likely N-dealkylation sites (N-methyl/N-ethyl adjacent to an activating group) is 1. The summed E-state index contributed by atoms with van der Waals surface area (Å²) < 4.78 is 43.8. The number of hydrogen-bond donors (Lipinski definition) is 1. The molecule has 0 aliphatic rings. The van der Waals surface area contributed by atoms with Crippen LogP contribution in [0.2, 0.25) is 10.0 Å². The number of alkyl halides is 3. The normalized spacial score (nSPS) is 11.1. The van der Waals surface area contributed by atoms with Crippen molar-refractivity contribution in [2.45, 2.75) is 6.18 Å². The summed E-state index contributed by atoms with van der Waals surface area (Å²) in [4.78, 5) is 25.8. The summed E-state index contributed by atoms with van der Waals surface area (Å²) in [6.45, 7) is -0.404. The van der Waals surface area contributed by atoms with Gasteiger partial charge in [0, 0.05) is 17.8 Å². The van der Waals surface area contributed by atoms with Crippen LogP contribution in [-0.2, 0) is 11.0 Å². The van der Waals surface area contributed by atoms with E-state index in [1.54, 1.807) is 6.07 Å². The second-order valence-electron chi connectivity index (χ2n) is 5.75. The number of rotatable bonds is 5. The molecule has 2 aromatic carbocycles. The molecule has 10 heteroatoms. The molecule has 0 aromatic heterocycles. The predicted octanol–water partition coefficient (Wildman–Crippen LogP) is 4.73. The first kappa shape index (κ1) is 21.8. The summed E-state index contributed by atoms with van der Waals surface area (Å²) >= 11 is 11.4. The van der Waals surface area contributed by atoms with Crippen molar-refractivity contribution in [3.63, 3.8) is 0 Å². The van der Waals surface area contributed by atoms with Gasteiger partial charge in [-0.25, -0.2) is 0 Å². The van der Waals surface area contributed by atoms with Gasteiger partial charge in [-0.1, -0.05) is 23.2 Å². The van der Waals surface area contributed by atoms with Crippen molar-refractivity contribution in [1.82, 2.24) is 4.90 Å². The Labute approximate surface area is 169 Å². The average Bonchev–Trinajstić information content (AvgIpc) is 2.61. The molecule has 0 aliphatic carbocycles. The van der Waals surface area contributed by atoms with Crippen molar-refractivity contribution in [2.24, 2.45) is 0 Å². The van der Waals surface area contributed by atoms with Crippen molar-refractivity contribution >= 4 is 40.7 Å². The fraction of sp³-hybridized carbons (Fsp3) is 0.222.